The lowest BCUT2D eigenvalue weighted by molar-refractivity contribution is -0.138. The van der Waals surface area contributed by atoms with Crippen molar-refractivity contribution >= 4 is 5.69 Å². The van der Waals surface area contributed by atoms with E-state index < -0.39 is 11.7 Å². The molecule has 4 nitrogen and oxygen atoms in total. The Balaban J connectivity index is 1.54. The van der Waals surface area contributed by atoms with Gasteiger partial charge in [-0.3, -0.25) is 0 Å². The van der Waals surface area contributed by atoms with Crippen molar-refractivity contribution in [3.63, 3.8) is 0 Å². The monoisotopic (exact) mass is 463 g/mol. The molecule has 7 heteroatoms. The minimum Gasteiger partial charge on any atom is -0.381 e. The zero-order valence-electron chi connectivity index (χ0n) is 19.8. The Morgan fingerprint density at radius 1 is 1.09 bits per heavy atom. The van der Waals surface area contributed by atoms with Gasteiger partial charge in [0.2, 0.25) is 0 Å². The number of hydrogen-bond acceptors (Lipinski definition) is 4. The maximum Gasteiger partial charge on any atom is 0.416 e. The molecular weight excluding hydrogens is 427 g/mol. The SMILES string of the molecule is CN(C)CCCN(C)C[C@H]1CC[C@@H]2[C@H](O1)c1cc(C(F)(F)F)ccc1N[C@H]2C1C=CC=CC1. The smallest absolute Gasteiger partial charge is 0.381 e. The van der Waals surface area contributed by atoms with E-state index >= 15 is 0 Å². The van der Waals surface area contributed by atoms with E-state index in [-0.39, 0.29) is 24.2 Å². The third kappa shape index (κ3) is 5.81. The summed E-state index contributed by atoms with van der Waals surface area (Å²) in [6.07, 6.45) is 7.74. The van der Waals surface area contributed by atoms with Gasteiger partial charge in [-0.15, -0.1) is 0 Å². The molecule has 182 valence electrons. The van der Waals surface area contributed by atoms with Crippen molar-refractivity contribution in [3.05, 3.63) is 53.6 Å². The molecule has 0 spiro atoms. The van der Waals surface area contributed by atoms with E-state index in [1.165, 1.54) is 12.1 Å². The molecule has 33 heavy (non-hydrogen) atoms. The Kier molecular flexibility index (Phi) is 7.51. The molecule has 1 aromatic rings. The van der Waals surface area contributed by atoms with Crippen molar-refractivity contribution in [2.45, 2.75) is 50.1 Å². The van der Waals surface area contributed by atoms with Crippen molar-refractivity contribution in [2.75, 3.05) is 46.1 Å². The Morgan fingerprint density at radius 2 is 1.91 bits per heavy atom. The van der Waals surface area contributed by atoms with Crippen LogP contribution in [0.15, 0.2) is 42.5 Å². The predicted molar refractivity (Wildman–Crippen MR) is 126 cm³/mol. The molecule has 2 aliphatic heterocycles. The van der Waals surface area contributed by atoms with Gasteiger partial charge in [-0.25, -0.2) is 0 Å². The summed E-state index contributed by atoms with van der Waals surface area (Å²) in [6, 6.07) is 4.22. The highest BCUT2D eigenvalue weighted by Crippen LogP contribution is 2.49. The molecule has 0 amide bonds. The van der Waals surface area contributed by atoms with E-state index in [0.717, 1.165) is 51.0 Å². The van der Waals surface area contributed by atoms with Crippen molar-refractivity contribution < 1.29 is 17.9 Å². The van der Waals surface area contributed by atoms with E-state index in [1.54, 1.807) is 6.07 Å². The van der Waals surface area contributed by atoms with Crippen molar-refractivity contribution in [1.82, 2.24) is 9.80 Å². The molecule has 0 aromatic heterocycles. The molecule has 5 atom stereocenters. The molecule has 1 N–H and O–H groups in total. The third-order valence-corrected chi connectivity index (χ3v) is 7.15. The van der Waals surface area contributed by atoms with Crippen molar-refractivity contribution in [1.29, 1.82) is 0 Å². The zero-order valence-corrected chi connectivity index (χ0v) is 19.8. The van der Waals surface area contributed by atoms with E-state index in [4.69, 9.17) is 4.74 Å². The average Bonchev–Trinajstić information content (AvgIpc) is 2.78. The summed E-state index contributed by atoms with van der Waals surface area (Å²) < 4.78 is 47.1. The molecule has 4 rings (SSSR count). The van der Waals surface area contributed by atoms with Crippen LogP contribution in [0.4, 0.5) is 18.9 Å². The molecule has 1 unspecified atom stereocenters. The van der Waals surface area contributed by atoms with Crippen LogP contribution in [-0.2, 0) is 10.9 Å². The van der Waals surface area contributed by atoms with Crippen LogP contribution >= 0.6 is 0 Å². The number of benzene rings is 1. The molecule has 0 saturated carbocycles. The fourth-order valence-electron chi connectivity index (χ4n) is 5.49. The van der Waals surface area contributed by atoms with Crippen LogP contribution < -0.4 is 5.32 Å². The summed E-state index contributed by atoms with van der Waals surface area (Å²) in [7, 11) is 6.24. The van der Waals surface area contributed by atoms with Gasteiger partial charge in [-0.2, -0.15) is 13.2 Å². The fraction of sp³-hybridized carbons (Fsp3) is 0.615. The van der Waals surface area contributed by atoms with Crippen LogP contribution in [0.3, 0.4) is 0 Å². The molecular formula is C26H36F3N3O. The van der Waals surface area contributed by atoms with Crippen molar-refractivity contribution in [3.8, 4) is 0 Å². The molecule has 0 radical (unpaired) electrons. The van der Waals surface area contributed by atoms with E-state index in [1.807, 2.05) is 0 Å². The Labute approximate surface area is 195 Å². The van der Waals surface area contributed by atoms with Gasteiger partial charge in [-0.1, -0.05) is 24.3 Å². The quantitative estimate of drug-likeness (QED) is 0.590. The Bertz CT molecular complexity index is 867. The van der Waals surface area contributed by atoms with Gasteiger partial charge in [0.15, 0.2) is 0 Å². The van der Waals surface area contributed by atoms with Crippen LogP contribution in [0.1, 0.15) is 42.9 Å². The highest BCUT2D eigenvalue weighted by Gasteiger charge is 2.45. The lowest BCUT2D eigenvalue weighted by Gasteiger charge is -2.48. The summed E-state index contributed by atoms with van der Waals surface area (Å²) in [6.45, 7) is 2.81. The number of alkyl halides is 3. The van der Waals surface area contributed by atoms with Gasteiger partial charge in [0, 0.05) is 35.7 Å². The number of ether oxygens (including phenoxy) is 1. The molecule has 2 heterocycles. The Morgan fingerprint density at radius 3 is 2.61 bits per heavy atom. The maximum absolute atomic E-state index is 13.5. The first-order valence-electron chi connectivity index (χ1n) is 12.0. The summed E-state index contributed by atoms with van der Waals surface area (Å²) >= 11 is 0. The number of halogens is 3. The first-order chi connectivity index (χ1) is 15.7. The number of hydrogen-bond donors (Lipinski definition) is 1. The first kappa shape index (κ1) is 24.3. The van der Waals surface area contributed by atoms with Gasteiger partial charge in [0.1, 0.15) is 0 Å². The number of allylic oxidation sites excluding steroid dienone is 3. The largest absolute Gasteiger partial charge is 0.416 e. The molecule has 1 saturated heterocycles. The number of likely N-dealkylation sites (N-methyl/N-ethyl adjacent to an activating group) is 1. The standard InChI is InChI=1S/C26H36F3N3O/c1-31(2)14-7-15-32(3)17-20-11-12-21-24(18-8-5-4-6-9-18)30-23-13-10-19(26(27,28)29)16-22(23)25(21)33-20/h4-6,8,10,13,16,18,20-21,24-25,30H,7,9,11-12,14-15,17H2,1-3H3/t18?,20-,21+,24+,25+/m1/s1. The minimum atomic E-state index is -4.36. The third-order valence-electron chi connectivity index (χ3n) is 7.15. The van der Waals surface area contributed by atoms with E-state index in [0.29, 0.717) is 11.5 Å². The van der Waals surface area contributed by atoms with Gasteiger partial charge < -0.3 is 19.9 Å². The highest BCUT2D eigenvalue weighted by molar-refractivity contribution is 5.58. The number of rotatable bonds is 7. The van der Waals surface area contributed by atoms with E-state index in [2.05, 4.69) is 60.6 Å². The fourth-order valence-corrected chi connectivity index (χ4v) is 5.49. The molecule has 3 aliphatic rings. The van der Waals surface area contributed by atoms with Gasteiger partial charge >= 0.3 is 6.18 Å². The molecule has 1 aliphatic carbocycles. The second-order valence-corrected chi connectivity index (χ2v) is 10.0. The predicted octanol–water partition coefficient (Wildman–Crippen LogP) is 5.35. The van der Waals surface area contributed by atoms with Crippen LogP contribution in [0.25, 0.3) is 0 Å². The molecule has 1 aromatic carbocycles. The number of anilines is 1. The summed E-state index contributed by atoms with van der Waals surface area (Å²) in [5.41, 5.74) is 0.825. The Hall–Kier alpha value is -1.83. The number of nitrogens with zero attached hydrogens (tertiary/aromatic N) is 2. The first-order valence-corrected chi connectivity index (χ1v) is 12.0. The van der Waals surface area contributed by atoms with E-state index in [9.17, 15) is 13.2 Å². The van der Waals surface area contributed by atoms with Crippen LogP contribution in [0.2, 0.25) is 0 Å². The normalized spacial score (nSPS) is 29.2. The lowest BCUT2D eigenvalue weighted by atomic mass is 9.73. The van der Waals surface area contributed by atoms with Gasteiger partial charge in [0.25, 0.3) is 0 Å². The maximum atomic E-state index is 13.5. The van der Waals surface area contributed by atoms with Crippen molar-refractivity contribution in [2.24, 2.45) is 11.8 Å². The van der Waals surface area contributed by atoms with Crippen LogP contribution in [0.5, 0.6) is 0 Å². The molecule has 1 fully saturated rings. The lowest BCUT2D eigenvalue weighted by Crippen LogP contribution is -2.48. The average molecular weight is 464 g/mol. The van der Waals surface area contributed by atoms with Crippen LogP contribution in [0, 0.1) is 11.8 Å². The molecule has 0 bridgehead atoms. The van der Waals surface area contributed by atoms with Gasteiger partial charge in [-0.05, 0) is 78.1 Å². The highest BCUT2D eigenvalue weighted by atomic mass is 19.4. The minimum absolute atomic E-state index is 0.0264. The summed E-state index contributed by atoms with van der Waals surface area (Å²) in [4.78, 5) is 4.46. The number of fused-ring (bicyclic) bond motifs is 3. The zero-order chi connectivity index (χ0) is 23.6. The summed E-state index contributed by atoms with van der Waals surface area (Å²) in [5.74, 6) is 0.462. The van der Waals surface area contributed by atoms with Crippen LogP contribution in [-0.4, -0.2) is 62.7 Å². The topological polar surface area (TPSA) is 27.7 Å². The number of nitrogens with one attached hydrogen (secondary N) is 1. The van der Waals surface area contributed by atoms with Gasteiger partial charge in [0.05, 0.1) is 17.8 Å². The summed E-state index contributed by atoms with van der Waals surface area (Å²) in [5, 5.41) is 3.59. The second kappa shape index (κ2) is 10.2. The second-order valence-electron chi connectivity index (χ2n) is 10.0.